The van der Waals surface area contributed by atoms with Gasteiger partial charge in [0, 0.05) is 32.1 Å². The van der Waals surface area contributed by atoms with E-state index in [9.17, 15) is 19.2 Å². The van der Waals surface area contributed by atoms with Crippen molar-refractivity contribution < 1.29 is 38.1 Å². The Hall–Kier alpha value is -2.98. The zero-order chi connectivity index (χ0) is 21.5. The topological polar surface area (TPSA) is 112 Å². The average Bonchev–Trinajstić information content (AvgIpc) is 3.07. The summed E-state index contributed by atoms with van der Waals surface area (Å²) in [5.41, 5.74) is 1.40. The van der Waals surface area contributed by atoms with Gasteiger partial charge in [0.2, 0.25) is 5.91 Å². The Morgan fingerprint density at radius 2 is 1.93 bits per heavy atom. The van der Waals surface area contributed by atoms with Crippen molar-refractivity contribution in [2.45, 2.75) is 31.8 Å². The van der Waals surface area contributed by atoms with Crippen LogP contribution in [0.4, 0.5) is 4.79 Å². The second-order valence-electron chi connectivity index (χ2n) is 6.84. The van der Waals surface area contributed by atoms with E-state index in [2.05, 4.69) is 0 Å². The second-order valence-corrected chi connectivity index (χ2v) is 6.84. The van der Waals surface area contributed by atoms with Crippen molar-refractivity contribution in [1.29, 1.82) is 0 Å². The molecule has 10 nitrogen and oxygen atoms in total. The highest BCUT2D eigenvalue weighted by Crippen LogP contribution is 2.28. The fourth-order valence-electron chi connectivity index (χ4n) is 3.39. The van der Waals surface area contributed by atoms with Gasteiger partial charge in [0.05, 0.1) is 13.2 Å². The number of amides is 3. The molecule has 0 spiro atoms. The first-order valence-corrected chi connectivity index (χ1v) is 9.62. The summed E-state index contributed by atoms with van der Waals surface area (Å²) in [6.07, 6.45) is -0.236. The minimum Gasteiger partial charge on any atom is -0.434 e. The van der Waals surface area contributed by atoms with Gasteiger partial charge in [0.25, 0.3) is 11.8 Å². The van der Waals surface area contributed by atoms with Crippen molar-refractivity contribution in [1.82, 2.24) is 9.80 Å². The van der Waals surface area contributed by atoms with Crippen molar-refractivity contribution in [3.8, 4) is 0 Å². The Balaban J connectivity index is 1.50. The highest BCUT2D eigenvalue weighted by atomic mass is 16.7. The van der Waals surface area contributed by atoms with Crippen LogP contribution in [0.5, 0.6) is 0 Å². The fourth-order valence-corrected chi connectivity index (χ4v) is 3.39. The van der Waals surface area contributed by atoms with Gasteiger partial charge in [-0.1, -0.05) is 18.2 Å². The number of fused-ring (bicyclic) bond motifs is 1. The van der Waals surface area contributed by atoms with E-state index in [1.165, 1.54) is 12.0 Å². The molecule has 2 aliphatic rings. The van der Waals surface area contributed by atoms with E-state index >= 15 is 0 Å². The number of nitrogens with zero attached hydrogens (tertiary/aromatic N) is 2. The molecule has 3 amide bonds. The molecule has 0 aromatic heterocycles. The second kappa shape index (κ2) is 10.2. The third kappa shape index (κ3) is 4.95. The summed E-state index contributed by atoms with van der Waals surface area (Å²) in [5.74, 6) is -1.26. The van der Waals surface area contributed by atoms with Crippen LogP contribution < -0.4 is 0 Å². The van der Waals surface area contributed by atoms with Crippen LogP contribution in [-0.2, 0) is 35.1 Å². The Bertz CT molecular complexity index is 812. The molecule has 1 saturated heterocycles. The van der Waals surface area contributed by atoms with Gasteiger partial charge in [-0.25, -0.2) is 9.69 Å². The molecule has 1 fully saturated rings. The van der Waals surface area contributed by atoms with E-state index in [4.69, 9.17) is 18.9 Å². The standard InChI is InChI=1S/C20H24N2O8/c1-27-13-28-9-4-10-29-20(26)30-12-22-17(23)8-7-16(19(22)25)21-11-14-5-2-3-6-15(14)18(21)24/h2-3,5-6,16H,4,7-13H2,1H3. The van der Waals surface area contributed by atoms with Crippen LogP contribution in [0.25, 0.3) is 0 Å². The summed E-state index contributed by atoms with van der Waals surface area (Å²) < 4.78 is 19.6. The zero-order valence-corrected chi connectivity index (χ0v) is 16.7. The summed E-state index contributed by atoms with van der Waals surface area (Å²) in [6.45, 7) is 0.310. The molecule has 1 aromatic carbocycles. The molecule has 0 radical (unpaired) electrons. The number of carbonyl (C=O) groups excluding carboxylic acids is 4. The summed E-state index contributed by atoms with van der Waals surface area (Å²) in [4.78, 5) is 51.7. The first-order chi connectivity index (χ1) is 14.5. The minimum absolute atomic E-state index is 0.0631. The third-order valence-electron chi connectivity index (χ3n) is 4.87. The normalized spacial score (nSPS) is 18.6. The lowest BCUT2D eigenvalue weighted by Gasteiger charge is -2.34. The van der Waals surface area contributed by atoms with Gasteiger partial charge in [0.15, 0.2) is 6.73 Å². The molecule has 2 heterocycles. The van der Waals surface area contributed by atoms with E-state index in [0.29, 0.717) is 25.1 Å². The number of hydrogen-bond donors (Lipinski definition) is 0. The van der Waals surface area contributed by atoms with Gasteiger partial charge in [0.1, 0.15) is 12.8 Å². The highest BCUT2D eigenvalue weighted by molar-refractivity contribution is 6.05. The molecule has 10 heteroatoms. The monoisotopic (exact) mass is 420 g/mol. The van der Waals surface area contributed by atoms with E-state index < -0.39 is 30.7 Å². The largest absolute Gasteiger partial charge is 0.510 e. The number of methoxy groups -OCH3 is 1. The molecular weight excluding hydrogens is 396 g/mol. The Kier molecular flexibility index (Phi) is 7.36. The Morgan fingerprint density at radius 3 is 2.70 bits per heavy atom. The molecular formula is C20H24N2O8. The lowest BCUT2D eigenvalue weighted by atomic mass is 10.0. The van der Waals surface area contributed by atoms with Crippen molar-refractivity contribution in [2.75, 3.05) is 33.8 Å². The number of likely N-dealkylation sites (tertiary alicyclic amines) is 1. The van der Waals surface area contributed by atoms with E-state index in [-0.39, 0.29) is 32.1 Å². The molecule has 162 valence electrons. The van der Waals surface area contributed by atoms with Gasteiger partial charge in [-0.2, -0.15) is 0 Å². The van der Waals surface area contributed by atoms with Gasteiger partial charge >= 0.3 is 6.16 Å². The number of piperidine rings is 1. The lowest BCUT2D eigenvalue weighted by Crippen LogP contribution is -2.55. The molecule has 1 unspecified atom stereocenters. The molecule has 0 aliphatic carbocycles. The van der Waals surface area contributed by atoms with Gasteiger partial charge in [-0.05, 0) is 18.1 Å². The number of hydrogen-bond acceptors (Lipinski definition) is 8. The van der Waals surface area contributed by atoms with Crippen LogP contribution in [0.1, 0.15) is 35.2 Å². The smallest absolute Gasteiger partial charge is 0.434 e. The molecule has 1 aromatic rings. The molecule has 0 saturated carbocycles. The van der Waals surface area contributed by atoms with E-state index in [1.807, 2.05) is 12.1 Å². The molecule has 0 bridgehead atoms. The first kappa shape index (κ1) is 21.7. The summed E-state index contributed by atoms with van der Waals surface area (Å²) in [5, 5.41) is 0. The summed E-state index contributed by atoms with van der Waals surface area (Å²) in [7, 11) is 1.50. The molecule has 2 aliphatic heterocycles. The van der Waals surface area contributed by atoms with Crippen LogP contribution in [0, 0.1) is 0 Å². The van der Waals surface area contributed by atoms with Crippen molar-refractivity contribution in [3.05, 3.63) is 35.4 Å². The van der Waals surface area contributed by atoms with Crippen molar-refractivity contribution in [2.24, 2.45) is 0 Å². The van der Waals surface area contributed by atoms with Crippen LogP contribution in [0.15, 0.2) is 24.3 Å². The zero-order valence-electron chi connectivity index (χ0n) is 16.7. The SMILES string of the molecule is COCOCCCOC(=O)OCN1C(=O)CCC(N2Cc3ccccc3C2=O)C1=O. The third-order valence-corrected chi connectivity index (χ3v) is 4.87. The first-order valence-electron chi connectivity index (χ1n) is 9.62. The maximum atomic E-state index is 12.8. The average molecular weight is 420 g/mol. The predicted molar refractivity (Wildman–Crippen MR) is 101 cm³/mol. The number of ether oxygens (including phenoxy) is 4. The van der Waals surface area contributed by atoms with Gasteiger partial charge in [-0.3, -0.25) is 14.4 Å². The van der Waals surface area contributed by atoms with Crippen LogP contribution in [0.2, 0.25) is 0 Å². The van der Waals surface area contributed by atoms with Crippen molar-refractivity contribution >= 4 is 23.9 Å². The number of rotatable bonds is 9. The predicted octanol–water partition coefficient (Wildman–Crippen LogP) is 1.28. The molecule has 30 heavy (non-hydrogen) atoms. The summed E-state index contributed by atoms with van der Waals surface area (Å²) >= 11 is 0. The minimum atomic E-state index is -0.992. The quantitative estimate of drug-likeness (QED) is 0.254. The van der Waals surface area contributed by atoms with E-state index in [1.54, 1.807) is 12.1 Å². The maximum absolute atomic E-state index is 12.8. The Labute approximate surface area is 173 Å². The molecule has 0 N–H and O–H groups in total. The lowest BCUT2D eigenvalue weighted by molar-refractivity contribution is -0.157. The number of benzene rings is 1. The number of imide groups is 1. The highest BCUT2D eigenvalue weighted by Gasteiger charge is 2.42. The fraction of sp³-hybridized carbons (Fsp3) is 0.500. The van der Waals surface area contributed by atoms with Crippen LogP contribution in [0.3, 0.4) is 0 Å². The van der Waals surface area contributed by atoms with Crippen molar-refractivity contribution in [3.63, 3.8) is 0 Å². The van der Waals surface area contributed by atoms with Gasteiger partial charge in [-0.15, -0.1) is 0 Å². The molecule has 3 rings (SSSR count). The number of carbonyl (C=O) groups is 4. The maximum Gasteiger partial charge on any atom is 0.510 e. The van der Waals surface area contributed by atoms with E-state index in [0.717, 1.165) is 10.5 Å². The van der Waals surface area contributed by atoms with Crippen LogP contribution >= 0.6 is 0 Å². The Morgan fingerprint density at radius 1 is 1.13 bits per heavy atom. The van der Waals surface area contributed by atoms with Gasteiger partial charge < -0.3 is 23.8 Å². The van der Waals surface area contributed by atoms with Crippen LogP contribution in [-0.4, -0.2) is 73.6 Å². The molecule has 1 atom stereocenters. The summed E-state index contributed by atoms with van der Waals surface area (Å²) in [6, 6.07) is 6.37.